The minimum absolute atomic E-state index is 0.0416. The van der Waals surface area contributed by atoms with E-state index in [1.165, 1.54) is 5.56 Å². The topological polar surface area (TPSA) is 53.7 Å². The minimum atomic E-state index is -2.72. The molecule has 5 heteroatoms. The molecule has 0 aliphatic heterocycles. The van der Waals surface area contributed by atoms with Gasteiger partial charge in [0, 0.05) is 32.9 Å². The standard InChI is InChI=1S/C13H23NO3Si/c1-11(14)13(18(15-2,16-3)17-4)10-12-8-6-5-7-9-12/h5-9,11,13H,10,14H2,1-4H3. The summed E-state index contributed by atoms with van der Waals surface area (Å²) in [6.45, 7) is 1.96. The second-order valence-corrected chi connectivity index (χ2v) is 7.54. The van der Waals surface area contributed by atoms with E-state index in [0.717, 1.165) is 6.42 Å². The van der Waals surface area contributed by atoms with Crippen molar-refractivity contribution in [3.05, 3.63) is 35.9 Å². The van der Waals surface area contributed by atoms with Crippen LogP contribution in [0.5, 0.6) is 0 Å². The molecule has 1 aromatic carbocycles. The van der Waals surface area contributed by atoms with Crippen LogP contribution in [0.3, 0.4) is 0 Å². The fourth-order valence-electron chi connectivity index (χ4n) is 2.21. The van der Waals surface area contributed by atoms with Gasteiger partial charge in [0.2, 0.25) is 0 Å². The molecule has 0 aliphatic rings. The molecular weight excluding hydrogens is 246 g/mol. The van der Waals surface area contributed by atoms with Crippen molar-refractivity contribution in [2.45, 2.75) is 24.9 Å². The van der Waals surface area contributed by atoms with Crippen LogP contribution in [0.4, 0.5) is 0 Å². The summed E-state index contributed by atoms with van der Waals surface area (Å²) in [6, 6.07) is 10.1. The Labute approximate surface area is 110 Å². The van der Waals surface area contributed by atoms with E-state index in [1.54, 1.807) is 21.3 Å². The van der Waals surface area contributed by atoms with Gasteiger partial charge in [0.1, 0.15) is 0 Å². The molecule has 2 atom stereocenters. The third-order valence-electron chi connectivity index (χ3n) is 3.24. The summed E-state index contributed by atoms with van der Waals surface area (Å²) in [6.07, 6.45) is 0.792. The van der Waals surface area contributed by atoms with Crippen molar-refractivity contribution in [1.82, 2.24) is 0 Å². The van der Waals surface area contributed by atoms with Crippen LogP contribution in [0, 0.1) is 0 Å². The van der Waals surface area contributed by atoms with Crippen molar-refractivity contribution in [3.8, 4) is 0 Å². The molecule has 1 rings (SSSR count). The SMILES string of the molecule is CO[Si](OC)(OC)C(Cc1ccccc1)C(C)N. The largest absolute Gasteiger partial charge is 0.505 e. The highest BCUT2D eigenvalue weighted by atomic mass is 28.4. The molecule has 4 nitrogen and oxygen atoms in total. The molecule has 18 heavy (non-hydrogen) atoms. The van der Waals surface area contributed by atoms with Crippen LogP contribution in [-0.2, 0) is 19.7 Å². The van der Waals surface area contributed by atoms with Crippen LogP contribution < -0.4 is 5.73 Å². The van der Waals surface area contributed by atoms with Gasteiger partial charge < -0.3 is 19.0 Å². The third-order valence-corrected chi connectivity index (χ3v) is 6.59. The molecular formula is C13H23NO3Si. The average molecular weight is 269 g/mol. The zero-order valence-corrected chi connectivity index (χ0v) is 12.6. The Morgan fingerprint density at radius 2 is 1.56 bits per heavy atom. The van der Waals surface area contributed by atoms with E-state index in [9.17, 15) is 0 Å². The normalized spacial score (nSPS) is 15.4. The molecule has 0 aromatic heterocycles. The van der Waals surface area contributed by atoms with Gasteiger partial charge in [-0.25, -0.2) is 0 Å². The van der Waals surface area contributed by atoms with Gasteiger partial charge in [0.15, 0.2) is 0 Å². The first-order chi connectivity index (χ1) is 8.59. The lowest BCUT2D eigenvalue weighted by Crippen LogP contribution is -2.53. The highest BCUT2D eigenvalue weighted by Crippen LogP contribution is 2.30. The Hall–Kier alpha value is -0.723. The van der Waals surface area contributed by atoms with Crippen LogP contribution in [0.2, 0.25) is 5.54 Å². The van der Waals surface area contributed by atoms with Crippen molar-refractivity contribution in [3.63, 3.8) is 0 Å². The lowest BCUT2D eigenvalue weighted by molar-refractivity contribution is 0.107. The molecule has 0 heterocycles. The fraction of sp³-hybridized carbons (Fsp3) is 0.538. The summed E-state index contributed by atoms with van der Waals surface area (Å²) in [5, 5.41) is 0. The van der Waals surface area contributed by atoms with Gasteiger partial charge in [-0.3, -0.25) is 0 Å². The first-order valence-corrected chi connectivity index (χ1v) is 7.84. The van der Waals surface area contributed by atoms with E-state index < -0.39 is 8.80 Å². The zero-order valence-electron chi connectivity index (χ0n) is 11.6. The maximum absolute atomic E-state index is 6.09. The average Bonchev–Trinajstić information content (AvgIpc) is 2.41. The van der Waals surface area contributed by atoms with Gasteiger partial charge in [-0.05, 0) is 18.9 Å². The van der Waals surface area contributed by atoms with Crippen molar-refractivity contribution in [2.75, 3.05) is 21.3 Å². The lowest BCUT2D eigenvalue weighted by atomic mass is 10.1. The molecule has 102 valence electrons. The summed E-state index contributed by atoms with van der Waals surface area (Å²) in [5.41, 5.74) is 7.34. The second kappa shape index (κ2) is 7.01. The van der Waals surface area contributed by atoms with E-state index in [2.05, 4.69) is 12.1 Å². The number of benzene rings is 1. The Kier molecular flexibility index (Phi) is 5.97. The molecule has 0 radical (unpaired) electrons. The van der Waals surface area contributed by atoms with Crippen LogP contribution in [0.1, 0.15) is 12.5 Å². The van der Waals surface area contributed by atoms with Gasteiger partial charge in [-0.1, -0.05) is 30.3 Å². The van der Waals surface area contributed by atoms with E-state index in [0.29, 0.717) is 0 Å². The molecule has 0 aliphatic carbocycles. The summed E-state index contributed by atoms with van der Waals surface area (Å²) in [5.74, 6) is 0. The van der Waals surface area contributed by atoms with E-state index >= 15 is 0 Å². The molecule has 0 amide bonds. The highest BCUT2D eigenvalue weighted by molar-refractivity contribution is 6.62. The Morgan fingerprint density at radius 1 is 1.06 bits per heavy atom. The highest BCUT2D eigenvalue weighted by Gasteiger charge is 2.48. The van der Waals surface area contributed by atoms with Crippen molar-refractivity contribution in [1.29, 1.82) is 0 Å². The predicted octanol–water partition coefficient (Wildman–Crippen LogP) is 1.82. The van der Waals surface area contributed by atoms with Gasteiger partial charge in [-0.15, -0.1) is 0 Å². The molecule has 0 fully saturated rings. The monoisotopic (exact) mass is 269 g/mol. The summed E-state index contributed by atoms with van der Waals surface area (Å²) >= 11 is 0. The van der Waals surface area contributed by atoms with Crippen molar-refractivity contribution >= 4 is 8.80 Å². The Bertz CT molecular complexity index is 333. The summed E-state index contributed by atoms with van der Waals surface area (Å²) in [4.78, 5) is 0. The number of hydrogen-bond acceptors (Lipinski definition) is 4. The van der Waals surface area contributed by atoms with Gasteiger partial charge >= 0.3 is 8.80 Å². The molecule has 2 N–H and O–H groups in total. The lowest BCUT2D eigenvalue weighted by Gasteiger charge is -2.34. The Balaban J connectivity index is 2.95. The molecule has 1 aromatic rings. The van der Waals surface area contributed by atoms with Gasteiger partial charge in [-0.2, -0.15) is 0 Å². The maximum Gasteiger partial charge on any atom is 0.505 e. The minimum Gasteiger partial charge on any atom is -0.377 e. The molecule has 0 saturated carbocycles. The first-order valence-electron chi connectivity index (χ1n) is 6.04. The second-order valence-electron chi connectivity index (χ2n) is 4.37. The van der Waals surface area contributed by atoms with E-state index in [1.807, 2.05) is 25.1 Å². The first kappa shape index (κ1) is 15.3. The number of hydrogen-bond donors (Lipinski definition) is 1. The Morgan fingerprint density at radius 3 is 1.94 bits per heavy atom. The summed E-state index contributed by atoms with van der Waals surface area (Å²) in [7, 11) is 2.16. The van der Waals surface area contributed by atoms with Crippen LogP contribution >= 0.6 is 0 Å². The predicted molar refractivity (Wildman–Crippen MR) is 74.3 cm³/mol. The molecule has 0 saturated heterocycles. The van der Waals surface area contributed by atoms with Gasteiger partial charge in [0.05, 0.1) is 0 Å². The van der Waals surface area contributed by atoms with Crippen LogP contribution in [0.15, 0.2) is 30.3 Å². The van der Waals surface area contributed by atoms with Crippen LogP contribution in [0.25, 0.3) is 0 Å². The maximum atomic E-state index is 6.09. The smallest absolute Gasteiger partial charge is 0.377 e. The third kappa shape index (κ3) is 3.40. The van der Waals surface area contributed by atoms with Crippen molar-refractivity contribution < 1.29 is 13.3 Å². The quantitative estimate of drug-likeness (QED) is 0.767. The summed E-state index contributed by atoms with van der Waals surface area (Å²) < 4.78 is 16.6. The van der Waals surface area contributed by atoms with E-state index in [-0.39, 0.29) is 11.6 Å². The number of rotatable bonds is 7. The van der Waals surface area contributed by atoms with Gasteiger partial charge in [0.25, 0.3) is 0 Å². The molecule has 2 unspecified atom stereocenters. The van der Waals surface area contributed by atoms with E-state index in [4.69, 9.17) is 19.0 Å². The molecule has 0 spiro atoms. The van der Waals surface area contributed by atoms with Crippen molar-refractivity contribution in [2.24, 2.45) is 5.73 Å². The zero-order chi connectivity index (χ0) is 13.6. The van der Waals surface area contributed by atoms with Crippen LogP contribution in [-0.4, -0.2) is 36.2 Å². The fourth-order valence-corrected chi connectivity index (χ4v) is 4.74. The number of nitrogens with two attached hydrogens (primary N) is 1. The molecule has 0 bridgehead atoms.